The predicted molar refractivity (Wildman–Crippen MR) is 71.5 cm³/mol. The van der Waals surface area contributed by atoms with Gasteiger partial charge in [0.2, 0.25) is 0 Å². The molecular weight excluding hydrogens is 242 g/mol. The number of nitrogen functional groups attached to an aromatic ring is 1. The smallest absolute Gasteiger partial charge is 0.360 e. The predicted octanol–water partition coefficient (Wildman–Crippen LogP) is 1.85. The van der Waals surface area contributed by atoms with Crippen LogP contribution in [0.3, 0.4) is 0 Å². The number of nitrogens with zero attached hydrogens (tertiary/aromatic N) is 2. The molecule has 2 N–H and O–H groups in total. The first-order valence-electron chi connectivity index (χ1n) is 6.05. The van der Waals surface area contributed by atoms with Crippen LogP contribution in [0, 0.1) is 0 Å². The lowest BCUT2D eigenvalue weighted by Crippen LogP contribution is -2.12. The van der Waals surface area contributed by atoms with Gasteiger partial charge in [-0.3, -0.25) is 0 Å². The Morgan fingerprint density at radius 3 is 2.63 bits per heavy atom. The fraction of sp³-hybridized carbons (Fsp3) is 0.214. The molecule has 1 aromatic carbocycles. The second-order valence-corrected chi connectivity index (χ2v) is 4.02. The number of hydrogen-bond acceptors (Lipinski definition) is 5. The van der Waals surface area contributed by atoms with Crippen LogP contribution in [0.15, 0.2) is 42.7 Å². The van der Waals surface area contributed by atoms with Gasteiger partial charge in [0.05, 0.1) is 6.61 Å². The van der Waals surface area contributed by atoms with Gasteiger partial charge < -0.3 is 10.5 Å². The maximum absolute atomic E-state index is 11.7. The average molecular weight is 257 g/mol. The van der Waals surface area contributed by atoms with E-state index in [1.165, 1.54) is 18.0 Å². The number of hydrogen-bond donors (Lipinski definition) is 1. The van der Waals surface area contributed by atoms with Crippen molar-refractivity contribution >= 4 is 11.8 Å². The van der Waals surface area contributed by atoms with E-state index in [0.29, 0.717) is 6.61 Å². The van der Waals surface area contributed by atoms with Crippen molar-refractivity contribution < 1.29 is 9.53 Å². The van der Waals surface area contributed by atoms with Crippen LogP contribution in [-0.4, -0.2) is 22.5 Å². The van der Waals surface area contributed by atoms with Gasteiger partial charge in [-0.05, 0) is 18.4 Å². The Balaban J connectivity index is 1.77. The van der Waals surface area contributed by atoms with E-state index in [2.05, 4.69) is 9.97 Å². The van der Waals surface area contributed by atoms with Gasteiger partial charge in [-0.15, -0.1) is 0 Å². The van der Waals surface area contributed by atoms with Crippen molar-refractivity contribution in [1.82, 2.24) is 9.97 Å². The molecule has 0 aliphatic rings. The summed E-state index contributed by atoms with van der Waals surface area (Å²) in [4.78, 5) is 19.3. The van der Waals surface area contributed by atoms with Crippen LogP contribution < -0.4 is 5.73 Å². The van der Waals surface area contributed by atoms with Crippen LogP contribution in [0.2, 0.25) is 0 Å². The molecule has 1 aromatic heterocycles. The summed E-state index contributed by atoms with van der Waals surface area (Å²) in [5, 5.41) is 0. The zero-order valence-corrected chi connectivity index (χ0v) is 10.5. The molecule has 0 bridgehead atoms. The Labute approximate surface area is 111 Å². The molecule has 0 aliphatic heterocycles. The van der Waals surface area contributed by atoms with Crippen LogP contribution in [0.4, 0.5) is 5.82 Å². The number of nitrogens with two attached hydrogens (primary N) is 1. The van der Waals surface area contributed by atoms with E-state index < -0.39 is 5.97 Å². The van der Waals surface area contributed by atoms with Crippen LogP contribution in [-0.2, 0) is 11.2 Å². The lowest BCUT2D eigenvalue weighted by atomic mass is 10.1. The van der Waals surface area contributed by atoms with Gasteiger partial charge in [-0.25, -0.2) is 14.8 Å². The molecule has 19 heavy (non-hydrogen) atoms. The quantitative estimate of drug-likeness (QED) is 0.653. The molecule has 0 fully saturated rings. The highest BCUT2D eigenvalue weighted by Gasteiger charge is 2.12. The fourth-order valence-electron chi connectivity index (χ4n) is 1.66. The molecule has 0 radical (unpaired) electrons. The van der Waals surface area contributed by atoms with Crippen molar-refractivity contribution in [2.24, 2.45) is 0 Å². The van der Waals surface area contributed by atoms with Crippen LogP contribution >= 0.6 is 0 Å². The van der Waals surface area contributed by atoms with E-state index in [-0.39, 0.29) is 11.5 Å². The third-order valence-electron chi connectivity index (χ3n) is 2.61. The molecule has 0 saturated heterocycles. The van der Waals surface area contributed by atoms with Crippen LogP contribution in [0.1, 0.15) is 22.5 Å². The summed E-state index contributed by atoms with van der Waals surface area (Å²) in [6.45, 7) is 0.337. The first-order chi connectivity index (χ1) is 9.27. The number of anilines is 1. The summed E-state index contributed by atoms with van der Waals surface area (Å²) < 4.78 is 5.11. The largest absolute Gasteiger partial charge is 0.461 e. The number of esters is 1. The Hall–Kier alpha value is -2.43. The number of ether oxygens (including phenoxy) is 1. The number of benzene rings is 1. The standard InChI is InChI=1S/C14H15N3O2/c15-13-12(16-8-9-17-13)14(18)19-10-4-7-11-5-2-1-3-6-11/h1-3,5-6,8-9H,4,7,10H2,(H2,15,17). The maximum Gasteiger partial charge on any atom is 0.360 e. The SMILES string of the molecule is Nc1nccnc1C(=O)OCCCc1ccccc1. The average Bonchev–Trinajstić information content (AvgIpc) is 2.45. The molecule has 5 nitrogen and oxygen atoms in total. The molecule has 0 unspecified atom stereocenters. The van der Waals surface area contributed by atoms with Gasteiger partial charge in [-0.2, -0.15) is 0 Å². The van der Waals surface area contributed by atoms with E-state index in [4.69, 9.17) is 10.5 Å². The lowest BCUT2D eigenvalue weighted by Gasteiger charge is -2.05. The molecule has 5 heteroatoms. The summed E-state index contributed by atoms with van der Waals surface area (Å²) in [7, 11) is 0. The third kappa shape index (κ3) is 3.77. The number of carbonyl (C=O) groups excluding carboxylic acids is 1. The summed E-state index contributed by atoms with van der Waals surface area (Å²) in [6, 6.07) is 10.0. The topological polar surface area (TPSA) is 78.1 Å². The van der Waals surface area contributed by atoms with Crippen molar-refractivity contribution in [2.75, 3.05) is 12.3 Å². The highest BCUT2D eigenvalue weighted by Crippen LogP contribution is 2.06. The molecule has 2 aromatic rings. The van der Waals surface area contributed by atoms with E-state index in [1.54, 1.807) is 0 Å². The first kappa shape index (κ1) is 13.0. The summed E-state index contributed by atoms with van der Waals surface area (Å²) in [6.07, 6.45) is 4.47. The first-order valence-corrected chi connectivity index (χ1v) is 6.05. The maximum atomic E-state index is 11.7. The second-order valence-electron chi connectivity index (χ2n) is 4.02. The van der Waals surface area contributed by atoms with Gasteiger partial charge in [0, 0.05) is 12.4 Å². The molecule has 0 aliphatic carbocycles. The molecule has 0 saturated carbocycles. The minimum absolute atomic E-state index is 0.0715. The Morgan fingerprint density at radius 1 is 1.16 bits per heavy atom. The van der Waals surface area contributed by atoms with Gasteiger partial charge >= 0.3 is 5.97 Å². The minimum Gasteiger partial charge on any atom is -0.461 e. The molecule has 0 spiro atoms. The van der Waals surface area contributed by atoms with Gasteiger partial charge in [0.15, 0.2) is 11.5 Å². The third-order valence-corrected chi connectivity index (χ3v) is 2.61. The highest BCUT2D eigenvalue weighted by molar-refractivity contribution is 5.91. The van der Waals surface area contributed by atoms with Gasteiger partial charge in [-0.1, -0.05) is 30.3 Å². The zero-order chi connectivity index (χ0) is 13.5. The highest BCUT2D eigenvalue weighted by atomic mass is 16.5. The number of rotatable bonds is 5. The van der Waals surface area contributed by atoms with Crippen LogP contribution in [0.5, 0.6) is 0 Å². The molecule has 2 rings (SSSR count). The molecular formula is C14H15N3O2. The van der Waals surface area contributed by atoms with Crippen molar-refractivity contribution in [3.63, 3.8) is 0 Å². The Kier molecular flexibility index (Phi) is 4.44. The molecule has 1 heterocycles. The normalized spacial score (nSPS) is 10.1. The van der Waals surface area contributed by atoms with E-state index in [9.17, 15) is 4.79 Å². The summed E-state index contributed by atoms with van der Waals surface area (Å²) in [5.74, 6) is -0.436. The van der Waals surface area contributed by atoms with Gasteiger partial charge in [0.1, 0.15) is 0 Å². The molecule has 0 amide bonds. The fourth-order valence-corrected chi connectivity index (χ4v) is 1.66. The lowest BCUT2D eigenvalue weighted by molar-refractivity contribution is 0.0494. The summed E-state index contributed by atoms with van der Waals surface area (Å²) in [5.41, 5.74) is 6.83. The monoisotopic (exact) mass is 257 g/mol. The van der Waals surface area contributed by atoms with E-state index in [1.807, 2.05) is 30.3 Å². The number of aryl methyl sites for hydroxylation is 1. The number of carbonyl (C=O) groups is 1. The molecule has 0 atom stereocenters. The van der Waals surface area contributed by atoms with Gasteiger partial charge in [0.25, 0.3) is 0 Å². The Morgan fingerprint density at radius 2 is 1.89 bits per heavy atom. The van der Waals surface area contributed by atoms with Crippen molar-refractivity contribution in [1.29, 1.82) is 0 Å². The zero-order valence-electron chi connectivity index (χ0n) is 10.5. The Bertz CT molecular complexity index is 543. The summed E-state index contributed by atoms with van der Waals surface area (Å²) >= 11 is 0. The second kappa shape index (κ2) is 6.49. The van der Waals surface area contributed by atoms with E-state index >= 15 is 0 Å². The van der Waals surface area contributed by atoms with Crippen molar-refractivity contribution in [2.45, 2.75) is 12.8 Å². The van der Waals surface area contributed by atoms with Crippen molar-refractivity contribution in [3.05, 3.63) is 54.0 Å². The van der Waals surface area contributed by atoms with Crippen LogP contribution in [0.25, 0.3) is 0 Å². The van der Waals surface area contributed by atoms with Crippen molar-refractivity contribution in [3.8, 4) is 0 Å². The molecule has 98 valence electrons. The number of aromatic nitrogens is 2. The van der Waals surface area contributed by atoms with E-state index in [0.717, 1.165) is 12.8 Å². The minimum atomic E-state index is -0.529.